The summed E-state index contributed by atoms with van der Waals surface area (Å²) in [7, 11) is 0. The van der Waals surface area contributed by atoms with Crippen LogP contribution in [0.5, 0.6) is 0 Å². The molecular formula is C17H26Cl2N4O. The zero-order chi connectivity index (χ0) is 15.5. The molecule has 0 aliphatic carbocycles. The second-order valence-electron chi connectivity index (χ2n) is 5.98. The molecule has 0 saturated carbocycles. The van der Waals surface area contributed by atoms with Crippen molar-refractivity contribution >= 4 is 41.8 Å². The van der Waals surface area contributed by atoms with E-state index in [0.717, 1.165) is 49.3 Å². The third-order valence-corrected chi connectivity index (χ3v) is 4.41. The molecule has 2 aromatic rings. The number of carbonyl (C=O) groups excluding carboxylic acids is 1. The summed E-state index contributed by atoms with van der Waals surface area (Å²) in [6.45, 7) is 6.77. The number of para-hydroxylation sites is 2. The Labute approximate surface area is 155 Å². The van der Waals surface area contributed by atoms with Crippen molar-refractivity contribution in [2.75, 3.05) is 13.1 Å². The fourth-order valence-corrected chi connectivity index (χ4v) is 3.23. The van der Waals surface area contributed by atoms with Gasteiger partial charge in [-0.2, -0.15) is 0 Å². The summed E-state index contributed by atoms with van der Waals surface area (Å²) in [5, 5.41) is 6.43. The molecule has 2 N–H and O–H groups in total. The van der Waals surface area contributed by atoms with Crippen LogP contribution in [-0.2, 0) is 11.3 Å². The number of halogens is 2. The van der Waals surface area contributed by atoms with Gasteiger partial charge in [-0.05, 0) is 45.4 Å². The number of imidazole rings is 1. The van der Waals surface area contributed by atoms with Gasteiger partial charge in [0.2, 0.25) is 5.91 Å². The van der Waals surface area contributed by atoms with Crippen LogP contribution in [0, 0.1) is 5.92 Å². The highest BCUT2D eigenvalue weighted by atomic mass is 35.5. The van der Waals surface area contributed by atoms with Crippen molar-refractivity contribution in [1.29, 1.82) is 0 Å². The largest absolute Gasteiger partial charge is 0.346 e. The normalized spacial score (nSPS) is 18.3. The molecule has 2 unspecified atom stereocenters. The van der Waals surface area contributed by atoms with Gasteiger partial charge in [0, 0.05) is 13.1 Å². The molecule has 1 aromatic carbocycles. The number of fused-ring (bicyclic) bond motifs is 1. The van der Waals surface area contributed by atoms with Crippen LogP contribution in [0.4, 0.5) is 0 Å². The Kier molecular flexibility index (Phi) is 8.00. The third kappa shape index (κ3) is 4.21. The molecule has 24 heavy (non-hydrogen) atoms. The van der Waals surface area contributed by atoms with Gasteiger partial charge in [-0.1, -0.05) is 12.1 Å². The maximum atomic E-state index is 12.4. The van der Waals surface area contributed by atoms with E-state index in [4.69, 9.17) is 4.98 Å². The summed E-state index contributed by atoms with van der Waals surface area (Å²) >= 11 is 0. The quantitative estimate of drug-likeness (QED) is 0.866. The van der Waals surface area contributed by atoms with Crippen LogP contribution in [0.25, 0.3) is 11.0 Å². The predicted octanol–water partition coefficient (Wildman–Crippen LogP) is 3.08. The van der Waals surface area contributed by atoms with Gasteiger partial charge in [-0.25, -0.2) is 4.98 Å². The highest BCUT2D eigenvalue weighted by molar-refractivity contribution is 5.85. The number of piperidine rings is 1. The summed E-state index contributed by atoms with van der Waals surface area (Å²) in [6, 6.07) is 8.04. The molecule has 1 aliphatic heterocycles. The van der Waals surface area contributed by atoms with E-state index in [0.29, 0.717) is 0 Å². The first-order valence-corrected chi connectivity index (χ1v) is 8.17. The molecule has 134 valence electrons. The molecule has 7 heteroatoms. The van der Waals surface area contributed by atoms with Gasteiger partial charge >= 0.3 is 0 Å². The Balaban J connectivity index is 0.00000144. The van der Waals surface area contributed by atoms with E-state index in [1.54, 1.807) is 0 Å². The predicted molar refractivity (Wildman–Crippen MR) is 102 cm³/mol. The molecule has 1 aliphatic rings. The molecule has 0 spiro atoms. The molecule has 1 saturated heterocycles. The second kappa shape index (κ2) is 9.25. The van der Waals surface area contributed by atoms with E-state index < -0.39 is 0 Å². The first-order chi connectivity index (χ1) is 10.7. The maximum Gasteiger partial charge on any atom is 0.224 e. The second-order valence-corrected chi connectivity index (χ2v) is 5.98. The minimum Gasteiger partial charge on any atom is -0.346 e. The zero-order valence-corrected chi connectivity index (χ0v) is 15.8. The summed E-state index contributed by atoms with van der Waals surface area (Å²) in [5.74, 6) is 1.14. The number of nitrogens with zero attached hydrogens (tertiary/aromatic N) is 2. The van der Waals surface area contributed by atoms with Crippen molar-refractivity contribution < 1.29 is 4.79 Å². The molecule has 2 atom stereocenters. The lowest BCUT2D eigenvalue weighted by Crippen LogP contribution is -2.41. The minimum absolute atomic E-state index is 0. The maximum absolute atomic E-state index is 12.4. The topological polar surface area (TPSA) is 59.0 Å². The number of amides is 1. The summed E-state index contributed by atoms with van der Waals surface area (Å²) in [6.07, 6.45) is 2.04. The molecule has 0 radical (unpaired) electrons. The Morgan fingerprint density at radius 3 is 2.83 bits per heavy atom. The molecule has 1 fully saturated rings. The van der Waals surface area contributed by atoms with Gasteiger partial charge in [0.15, 0.2) is 0 Å². The Hall–Kier alpha value is -1.30. The number of hydrogen-bond donors (Lipinski definition) is 2. The van der Waals surface area contributed by atoms with Crippen LogP contribution < -0.4 is 10.6 Å². The summed E-state index contributed by atoms with van der Waals surface area (Å²) in [5.41, 5.74) is 2.11. The highest BCUT2D eigenvalue weighted by Crippen LogP contribution is 2.21. The number of carbonyl (C=O) groups is 1. The molecular weight excluding hydrogens is 347 g/mol. The van der Waals surface area contributed by atoms with E-state index in [2.05, 4.69) is 28.2 Å². The van der Waals surface area contributed by atoms with Gasteiger partial charge < -0.3 is 15.2 Å². The Bertz CT molecular complexity index is 668. The van der Waals surface area contributed by atoms with Crippen molar-refractivity contribution in [2.45, 2.75) is 39.3 Å². The van der Waals surface area contributed by atoms with E-state index in [1.807, 2.05) is 25.1 Å². The van der Waals surface area contributed by atoms with Gasteiger partial charge in [-0.15, -0.1) is 24.8 Å². The van der Waals surface area contributed by atoms with Crippen molar-refractivity contribution in [2.24, 2.45) is 5.92 Å². The van der Waals surface area contributed by atoms with Gasteiger partial charge in [-0.3, -0.25) is 4.79 Å². The zero-order valence-electron chi connectivity index (χ0n) is 14.1. The van der Waals surface area contributed by atoms with Crippen LogP contribution in [0.15, 0.2) is 24.3 Å². The van der Waals surface area contributed by atoms with Crippen molar-refractivity contribution in [1.82, 2.24) is 20.2 Å². The van der Waals surface area contributed by atoms with Crippen molar-refractivity contribution in [3.63, 3.8) is 0 Å². The summed E-state index contributed by atoms with van der Waals surface area (Å²) in [4.78, 5) is 17.1. The third-order valence-electron chi connectivity index (χ3n) is 4.41. The molecule has 2 heterocycles. The number of aryl methyl sites for hydroxylation is 1. The standard InChI is InChI=1S/C17H24N4O.2ClH/c1-3-21-15-9-5-4-8-14(15)20-16(21)12(2)19-17(22)13-7-6-10-18-11-13;;/h4-5,8-9,12-13,18H,3,6-7,10-11H2,1-2H3,(H,19,22);2*1H. The van der Waals surface area contributed by atoms with E-state index >= 15 is 0 Å². The lowest BCUT2D eigenvalue weighted by Gasteiger charge is -2.24. The van der Waals surface area contributed by atoms with Crippen LogP contribution >= 0.6 is 24.8 Å². The fourth-order valence-electron chi connectivity index (χ4n) is 3.23. The monoisotopic (exact) mass is 372 g/mol. The van der Waals surface area contributed by atoms with Gasteiger partial charge in [0.05, 0.1) is 23.0 Å². The first kappa shape index (κ1) is 20.7. The number of nitrogens with one attached hydrogen (secondary N) is 2. The lowest BCUT2D eigenvalue weighted by molar-refractivity contribution is -0.126. The lowest BCUT2D eigenvalue weighted by atomic mass is 9.98. The number of benzene rings is 1. The van der Waals surface area contributed by atoms with E-state index in [-0.39, 0.29) is 42.7 Å². The Morgan fingerprint density at radius 2 is 2.17 bits per heavy atom. The van der Waals surface area contributed by atoms with E-state index in [1.165, 1.54) is 0 Å². The molecule has 3 rings (SSSR count). The average Bonchev–Trinajstić information content (AvgIpc) is 2.94. The van der Waals surface area contributed by atoms with Crippen LogP contribution in [0.3, 0.4) is 0 Å². The number of rotatable bonds is 4. The fraction of sp³-hybridized carbons (Fsp3) is 0.529. The molecule has 1 amide bonds. The van der Waals surface area contributed by atoms with Crippen molar-refractivity contribution in [3.05, 3.63) is 30.1 Å². The molecule has 0 bridgehead atoms. The van der Waals surface area contributed by atoms with Crippen LogP contribution in [0.1, 0.15) is 38.6 Å². The number of hydrogen-bond acceptors (Lipinski definition) is 3. The molecule has 5 nitrogen and oxygen atoms in total. The first-order valence-electron chi connectivity index (χ1n) is 8.17. The van der Waals surface area contributed by atoms with E-state index in [9.17, 15) is 4.79 Å². The van der Waals surface area contributed by atoms with Gasteiger partial charge in [0.25, 0.3) is 0 Å². The molecule has 1 aromatic heterocycles. The van der Waals surface area contributed by atoms with Gasteiger partial charge in [0.1, 0.15) is 5.82 Å². The van der Waals surface area contributed by atoms with Crippen molar-refractivity contribution in [3.8, 4) is 0 Å². The SMILES string of the molecule is CCn1c(C(C)NC(=O)C2CCCNC2)nc2ccccc21.Cl.Cl. The van der Waals surface area contributed by atoms with Crippen LogP contribution in [0.2, 0.25) is 0 Å². The van der Waals surface area contributed by atoms with Crippen LogP contribution in [-0.4, -0.2) is 28.5 Å². The summed E-state index contributed by atoms with van der Waals surface area (Å²) < 4.78 is 2.18. The smallest absolute Gasteiger partial charge is 0.224 e. The Morgan fingerprint density at radius 1 is 1.42 bits per heavy atom. The average molecular weight is 373 g/mol. The highest BCUT2D eigenvalue weighted by Gasteiger charge is 2.24. The number of aromatic nitrogens is 2. The minimum atomic E-state index is -0.0817.